The lowest BCUT2D eigenvalue weighted by atomic mass is 9.82. The fraction of sp³-hybridized carbons (Fsp3) is 0.333. The van der Waals surface area contributed by atoms with E-state index in [2.05, 4.69) is 9.97 Å². The van der Waals surface area contributed by atoms with Gasteiger partial charge in [-0.1, -0.05) is 35.9 Å². The number of aliphatic carboxylic acids is 1. The number of pyridine rings is 2. The molecule has 0 spiro atoms. The Bertz CT molecular complexity index is 1870. The van der Waals surface area contributed by atoms with E-state index in [1.54, 1.807) is 24.9 Å². The summed E-state index contributed by atoms with van der Waals surface area (Å²) >= 11 is 6.94. The second-order valence-electron chi connectivity index (χ2n) is 12.4. The Morgan fingerprint density at radius 3 is 2.58 bits per heavy atom. The van der Waals surface area contributed by atoms with E-state index < -0.39 is 11.4 Å². The summed E-state index contributed by atoms with van der Waals surface area (Å²) in [4.78, 5) is 37.3. The van der Waals surface area contributed by atoms with Crippen LogP contribution in [0, 0.1) is 13.8 Å². The number of benzene rings is 1. The van der Waals surface area contributed by atoms with Gasteiger partial charge in [0, 0.05) is 23.5 Å². The number of carbonyl (C=O) groups is 2. The molecule has 1 aromatic carbocycles. The zero-order valence-corrected chi connectivity index (χ0v) is 26.6. The van der Waals surface area contributed by atoms with E-state index in [0.29, 0.717) is 60.0 Å². The molecule has 1 aliphatic heterocycles. The zero-order chi connectivity index (χ0) is 31.9. The van der Waals surface area contributed by atoms with Crippen LogP contribution in [0.4, 0.5) is 0 Å². The summed E-state index contributed by atoms with van der Waals surface area (Å²) in [6, 6.07) is 15.2. The Morgan fingerprint density at radius 1 is 1.07 bits per heavy atom. The molecule has 0 saturated carbocycles. The van der Waals surface area contributed by atoms with Crippen LogP contribution in [-0.2, 0) is 21.5 Å². The van der Waals surface area contributed by atoms with E-state index in [0.717, 1.165) is 39.3 Å². The van der Waals surface area contributed by atoms with E-state index in [1.807, 2.05) is 68.5 Å². The highest BCUT2D eigenvalue weighted by Crippen LogP contribution is 2.36. The van der Waals surface area contributed by atoms with Crippen molar-refractivity contribution in [1.82, 2.24) is 14.9 Å². The number of carbonyl (C=O) groups excluding carboxylic acids is 1. The normalized spacial score (nSPS) is 15.6. The maximum Gasteiger partial charge on any atom is 0.313 e. The van der Waals surface area contributed by atoms with Gasteiger partial charge in [0.15, 0.2) is 0 Å². The molecule has 6 rings (SSSR count). The summed E-state index contributed by atoms with van der Waals surface area (Å²) < 4.78 is 11.5. The molecule has 232 valence electrons. The molecule has 1 aliphatic carbocycles. The van der Waals surface area contributed by atoms with Gasteiger partial charge in [-0.3, -0.25) is 19.6 Å². The first-order chi connectivity index (χ1) is 21.5. The first-order valence-corrected chi connectivity index (χ1v) is 15.5. The topological polar surface area (TPSA) is 106 Å². The molecule has 2 aliphatic rings. The minimum Gasteiger partial charge on any atom is -0.481 e. The predicted molar refractivity (Wildman–Crippen MR) is 173 cm³/mol. The minimum atomic E-state index is -1.02. The highest BCUT2D eigenvalue weighted by molar-refractivity contribution is 6.32. The van der Waals surface area contributed by atoms with Crippen LogP contribution in [0.2, 0.25) is 0 Å². The predicted octanol–water partition coefficient (Wildman–Crippen LogP) is 7.33. The van der Waals surface area contributed by atoms with Crippen molar-refractivity contribution in [3.63, 3.8) is 0 Å². The monoisotopic (exact) mass is 625 g/mol. The van der Waals surface area contributed by atoms with Crippen LogP contribution in [0.1, 0.15) is 76.9 Å². The molecule has 9 heteroatoms. The van der Waals surface area contributed by atoms with Crippen LogP contribution >= 0.6 is 11.6 Å². The molecule has 1 amide bonds. The molecule has 0 unspecified atom stereocenters. The van der Waals surface area contributed by atoms with Crippen LogP contribution < -0.4 is 0 Å². The van der Waals surface area contributed by atoms with Gasteiger partial charge >= 0.3 is 5.97 Å². The van der Waals surface area contributed by atoms with Crippen molar-refractivity contribution < 1.29 is 23.8 Å². The lowest BCUT2D eigenvalue weighted by Gasteiger charge is -2.27. The number of ether oxygens (including phenoxy) is 1. The second-order valence-corrected chi connectivity index (χ2v) is 12.8. The Kier molecular flexibility index (Phi) is 8.37. The van der Waals surface area contributed by atoms with Gasteiger partial charge < -0.3 is 19.2 Å². The summed E-state index contributed by atoms with van der Waals surface area (Å²) in [5.41, 5.74) is 5.95. The van der Waals surface area contributed by atoms with Crippen LogP contribution in [0.15, 0.2) is 75.8 Å². The summed E-state index contributed by atoms with van der Waals surface area (Å²) in [5.74, 6) is 0.742. The maximum absolute atomic E-state index is 14.5. The number of furan rings is 1. The second kappa shape index (κ2) is 12.3. The highest BCUT2D eigenvalue weighted by Gasteiger charge is 2.31. The van der Waals surface area contributed by atoms with E-state index in [4.69, 9.17) is 20.8 Å². The van der Waals surface area contributed by atoms with E-state index in [9.17, 15) is 14.7 Å². The van der Waals surface area contributed by atoms with Crippen molar-refractivity contribution in [1.29, 1.82) is 0 Å². The average Bonchev–Trinajstić information content (AvgIpc) is 3.44. The van der Waals surface area contributed by atoms with Crippen molar-refractivity contribution in [2.45, 2.75) is 58.4 Å². The number of amides is 1. The van der Waals surface area contributed by atoms with Crippen LogP contribution in [0.25, 0.3) is 16.6 Å². The summed E-state index contributed by atoms with van der Waals surface area (Å²) in [7, 11) is 0. The fourth-order valence-corrected chi connectivity index (χ4v) is 6.07. The quantitative estimate of drug-likeness (QED) is 0.208. The van der Waals surface area contributed by atoms with Crippen molar-refractivity contribution >= 4 is 40.1 Å². The number of fused-ring (bicyclic) bond motifs is 1. The van der Waals surface area contributed by atoms with Gasteiger partial charge in [-0.2, -0.15) is 0 Å². The number of carboxylic acids is 1. The standard InChI is InChI=1S/C36H36ClN3O5/c1-21-22(2)39-30-9-6-14-38-33(30)32(21)34(41)40(18-28-12-13-31(45-28)26-19-44-20-26)17-25-11-10-24(16-29(25)37)23-7-5-8-27(15-23)36(3,4)35(42)43/h5-9,12-16,26H,10-11,17-20H2,1-4H3,(H,42,43). The van der Waals surface area contributed by atoms with Crippen molar-refractivity contribution in [2.75, 3.05) is 19.8 Å². The molecule has 45 heavy (non-hydrogen) atoms. The van der Waals surface area contributed by atoms with Gasteiger partial charge in [0.05, 0.1) is 42.2 Å². The summed E-state index contributed by atoms with van der Waals surface area (Å²) in [6.45, 7) is 9.06. The first kappa shape index (κ1) is 30.7. The number of hydrogen-bond acceptors (Lipinski definition) is 6. The number of aromatic nitrogens is 2. The summed E-state index contributed by atoms with van der Waals surface area (Å²) in [5, 5.41) is 10.3. The number of carboxylic acid groups (broad SMARTS) is 1. The molecule has 0 bridgehead atoms. The lowest BCUT2D eigenvalue weighted by molar-refractivity contribution is -0.142. The van der Waals surface area contributed by atoms with Crippen LogP contribution in [0.3, 0.4) is 0 Å². The summed E-state index contributed by atoms with van der Waals surface area (Å²) in [6.07, 6.45) is 4.97. The molecule has 8 nitrogen and oxygen atoms in total. The number of allylic oxidation sites excluding steroid dienone is 3. The van der Waals surface area contributed by atoms with Crippen LogP contribution in [0.5, 0.6) is 0 Å². The van der Waals surface area contributed by atoms with Crippen LogP contribution in [-0.4, -0.2) is 51.6 Å². The fourth-order valence-electron chi connectivity index (χ4n) is 5.78. The van der Waals surface area contributed by atoms with Gasteiger partial charge in [0.1, 0.15) is 17.0 Å². The van der Waals surface area contributed by atoms with Gasteiger partial charge in [0.2, 0.25) is 0 Å². The Hall–Kier alpha value is -4.27. The molecular weight excluding hydrogens is 590 g/mol. The number of rotatable bonds is 9. The minimum absolute atomic E-state index is 0.165. The molecule has 3 aromatic heterocycles. The van der Waals surface area contributed by atoms with Crippen molar-refractivity contribution in [3.05, 3.63) is 111 Å². The molecular formula is C36H36ClN3O5. The third kappa shape index (κ3) is 6.04. The van der Waals surface area contributed by atoms with Gasteiger partial charge in [0.25, 0.3) is 5.91 Å². The molecule has 0 radical (unpaired) electrons. The largest absolute Gasteiger partial charge is 0.481 e. The first-order valence-electron chi connectivity index (χ1n) is 15.1. The third-order valence-electron chi connectivity index (χ3n) is 9.01. The number of nitrogens with zero attached hydrogens (tertiary/aromatic N) is 3. The molecule has 1 N–H and O–H groups in total. The zero-order valence-electron chi connectivity index (χ0n) is 25.9. The molecule has 0 atom stereocenters. The Labute approximate surface area is 267 Å². The van der Waals surface area contributed by atoms with Gasteiger partial charge in [-0.15, -0.1) is 0 Å². The highest BCUT2D eigenvalue weighted by atomic mass is 35.5. The molecule has 1 fully saturated rings. The molecule has 4 aromatic rings. The van der Waals surface area contributed by atoms with Crippen molar-refractivity contribution in [2.24, 2.45) is 0 Å². The Balaban J connectivity index is 1.34. The van der Waals surface area contributed by atoms with E-state index in [-0.39, 0.29) is 18.4 Å². The SMILES string of the molecule is Cc1nc2cccnc2c(C(=O)N(CC2=C(Cl)C=C(c3cccc(C(C)(C)C(=O)O)c3)CC2)Cc2ccc(C3COC3)o2)c1C. The average molecular weight is 626 g/mol. The maximum atomic E-state index is 14.5. The lowest BCUT2D eigenvalue weighted by Crippen LogP contribution is -2.34. The molecule has 4 heterocycles. The van der Waals surface area contributed by atoms with Gasteiger partial charge in [-0.25, -0.2) is 0 Å². The van der Waals surface area contributed by atoms with Crippen molar-refractivity contribution in [3.8, 4) is 0 Å². The Morgan fingerprint density at radius 2 is 1.87 bits per heavy atom. The number of aryl methyl sites for hydroxylation is 1. The smallest absolute Gasteiger partial charge is 0.313 e. The number of halogens is 1. The molecule has 1 saturated heterocycles. The third-order valence-corrected chi connectivity index (χ3v) is 9.38. The number of hydrogen-bond donors (Lipinski definition) is 1. The van der Waals surface area contributed by atoms with E-state index >= 15 is 0 Å². The van der Waals surface area contributed by atoms with Gasteiger partial charge in [-0.05, 0) is 98.7 Å². The van der Waals surface area contributed by atoms with E-state index in [1.165, 1.54) is 0 Å².